The molecule has 0 radical (unpaired) electrons. The fourth-order valence-electron chi connectivity index (χ4n) is 2.23. The highest BCUT2D eigenvalue weighted by atomic mass is 16.4. The van der Waals surface area contributed by atoms with Gasteiger partial charge in [0, 0.05) is 16.5 Å². The molecule has 3 heteroatoms. The molecule has 19 heavy (non-hydrogen) atoms. The number of hydrogen-bond acceptors (Lipinski definition) is 3. The number of furan rings is 1. The van der Waals surface area contributed by atoms with Crippen LogP contribution in [0.1, 0.15) is 16.9 Å². The SMILES string of the molecule is Cc1c(/C(=N\O)c2ccccc2)oc2ccccc12. The van der Waals surface area contributed by atoms with Gasteiger partial charge in [-0.25, -0.2) is 0 Å². The van der Waals surface area contributed by atoms with E-state index in [1.807, 2.05) is 61.5 Å². The van der Waals surface area contributed by atoms with Gasteiger partial charge in [0.2, 0.25) is 0 Å². The average Bonchev–Trinajstić information content (AvgIpc) is 2.79. The molecule has 0 bridgehead atoms. The van der Waals surface area contributed by atoms with Gasteiger partial charge in [0.1, 0.15) is 5.58 Å². The third-order valence-corrected chi connectivity index (χ3v) is 3.21. The zero-order chi connectivity index (χ0) is 13.2. The Morgan fingerprint density at radius 1 is 1.00 bits per heavy atom. The zero-order valence-electron chi connectivity index (χ0n) is 10.5. The third kappa shape index (κ3) is 1.89. The van der Waals surface area contributed by atoms with Crippen molar-refractivity contribution in [3.05, 3.63) is 71.5 Å². The van der Waals surface area contributed by atoms with Crippen LogP contribution in [-0.2, 0) is 0 Å². The Bertz CT molecular complexity index is 742. The van der Waals surface area contributed by atoms with Gasteiger partial charge in [0.15, 0.2) is 11.5 Å². The van der Waals surface area contributed by atoms with Crippen molar-refractivity contribution >= 4 is 16.7 Å². The maximum absolute atomic E-state index is 9.31. The van der Waals surface area contributed by atoms with Gasteiger partial charge in [-0.2, -0.15) is 0 Å². The molecule has 0 aliphatic heterocycles. The Balaban J connectivity index is 2.21. The van der Waals surface area contributed by atoms with E-state index in [0.717, 1.165) is 22.1 Å². The Labute approximate surface area is 110 Å². The van der Waals surface area contributed by atoms with E-state index in [1.165, 1.54) is 0 Å². The minimum atomic E-state index is 0.453. The summed E-state index contributed by atoms with van der Waals surface area (Å²) in [6.45, 7) is 1.97. The highest BCUT2D eigenvalue weighted by Crippen LogP contribution is 2.27. The molecule has 0 fully saturated rings. The van der Waals surface area contributed by atoms with Crippen LogP contribution in [0.25, 0.3) is 11.0 Å². The van der Waals surface area contributed by atoms with E-state index >= 15 is 0 Å². The second kappa shape index (κ2) is 4.61. The summed E-state index contributed by atoms with van der Waals surface area (Å²) in [5, 5.41) is 13.8. The monoisotopic (exact) mass is 251 g/mol. The summed E-state index contributed by atoms with van der Waals surface area (Å²) < 4.78 is 5.82. The van der Waals surface area contributed by atoms with Gasteiger partial charge >= 0.3 is 0 Å². The van der Waals surface area contributed by atoms with E-state index < -0.39 is 0 Å². The first-order valence-corrected chi connectivity index (χ1v) is 6.07. The number of benzene rings is 2. The van der Waals surface area contributed by atoms with Crippen molar-refractivity contribution in [2.24, 2.45) is 5.16 Å². The predicted molar refractivity (Wildman–Crippen MR) is 74.8 cm³/mol. The van der Waals surface area contributed by atoms with Crippen molar-refractivity contribution in [3.8, 4) is 0 Å². The van der Waals surface area contributed by atoms with Gasteiger partial charge < -0.3 is 9.62 Å². The van der Waals surface area contributed by atoms with Crippen LogP contribution in [-0.4, -0.2) is 10.9 Å². The highest BCUT2D eigenvalue weighted by Gasteiger charge is 2.17. The number of nitrogens with zero attached hydrogens (tertiary/aromatic N) is 1. The largest absolute Gasteiger partial charge is 0.454 e. The number of oxime groups is 1. The molecule has 0 aliphatic carbocycles. The van der Waals surface area contributed by atoms with Crippen LogP contribution in [0.4, 0.5) is 0 Å². The standard InChI is InChI=1S/C16H13NO2/c1-11-13-9-5-6-10-14(13)19-16(11)15(17-18)12-7-3-2-4-8-12/h2-10,18H,1H3/b17-15-. The third-order valence-electron chi connectivity index (χ3n) is 3.21. The van der Waals surface area contributed by atoms with E-state index in [-0.39, 0.29) is 0 Å². The minimum absolute atomic E-state index is 0.453. The lowest BCUT2D eigenvalue weighted by molar-refractivity contribution is 0.318. The van der Waals surface area contributed by atoms with Crippen LogP contribution < -0.4 is 0 Å². The normalized spacial score (nSPS) is 11.9. The Hall–Kier alpha value is -2.55. The summed E-state index contributed by atoms with van der Waals surface area (Å²) in [5.41, 5.74) is 3.06. The molecule has 3 nitrogen and oxygen atoms in total. The molecule has 1 heterocycles. The smallest absolute Gasteiger partial charge is 0.160 e. The summed E-state index contributed by atoms with van der Waals surface area (Å²) >= 11 is 0. The second-order valence-corrected chi connectivity index (χ2v) is 4.37. The molecule has 94 valence electrons. The topological polar surface area (TPSA) is 45.7 Å². The molecule has 0 unspecified atom stereocenters. The van der Waals surface area contributed by atoms with Gasteiger partial charge in [0.25, 0.3) is 0 Å². The van der Waals surface area contributed by atoms with Crippen LogP contribution in [0.2, 0.25) is 0 Å². The van der Waals surface area contributed by atoms with E-state index in [0.29, 0.717) is 11.5 Å². The maximum atomic E-state index is 9.31. The molecule has 1 aromatic heterocycles. The molecule has 0 saturated heterocycles. The van der Waals surface area contributed by atoms with Gasteiger partial charge in [0.05, 0.1) is 0 Å². The lowest BCUT2D eigenvalue weighted by atomic mass is 10.0. The predicted octanol–water partition coefficient (Wildman–Crippen LogP) is 3.97. The van der Waals surface area contributed by atoms with Crippen molar-refractivity contribution in [2.75, 3.05) is 0 Å². The fraction of sp³-hybridized carbons (Fsp3) is 0.0625. The number of fused-ring (bicyclic) bond motifs is 1. The summed E-state index contributed by atoms with van der Waals surface area (Å²) in [6.07, 6.45) is 0. The molecule has 3 rings (SSSR count). The molecule has 3 aromatic rings. The van der Waals surface area contributed by atoms with Crippen LogP contribution >= 0.6 is 0 Å². The molecule has 0 atom stereocenters. The summed E-state index contributed by atoms with van der Waals surface area (Å²) in [5.74, 6) is 0.606. The first-order chi connectivity index (χ1) is 9.31. The van der Waals surface area contributed by atoms with Crippen molar-refractivity contribution < 1.29 is 9.62 Å². The molecule has 1 N–H and O–H groups in total. The van der Waals surface area contributed by atoms with Gasteiger partial charge in [-0.1, -0.05) is 53.7 Å². The van der Waals surface area contributed by atoms with Crippen LogP contribution in [0.3, 0.4) is 0 Å². The lowest BCUT2D eigenvalue weighted by Crippen LogP contribution is -2.03. The number of aryl methyl sites for hydroxylation is 1. The first kappa shape index (κ1) is 11.5. The van der Waals surface area contributed by atoms with Crippen LogP contribution in [0.15, 0.2) is 64.2 Å². The van der Waals surface area contributed by atoms with E-state index in [9.17, 15) is 5.21 Å². The summed E-state index contributed by atoms with van der Waals surface area (Å²) in [6, 6.07) is 17.3. The van der Waals surface area contributed by atoms with Crippen molar-refractivity contribution in [3.63, 3.8) is 0 Å². The van der Waals surface area contributed by atoms with Gasteiger partial charge in [-0.3, -0.25) is 0 Å². The van der Waals surface area contributed by atoms with E-state index in [2.05, 4.69) is 5.16 Å². The molecule has 0 aliphatic rings. The number of para-hydroxylation sites is 1. The van der Waals surface area contributed by atoms with E-state index in [4.69, 9.17) is 4.42 Å². The summed E-state index contributed by atoms with van der Waals surface area (Å²) in [4.78, 5) is 0. The maximum Gasteiger partial charge on any atom is 0.160 e. The Kier molecular flexibility index (Phi) is 2.80. The molecule has 0 saturated carbocycles. The minimum Gasteiger partial charge on any atom is -0.454 e. The van der Waals surface area contributed by atoms with Crippen molar-refractivity contribution in [1.29, 1.82) is 0 Å². The second-order valence-electron chi connectivity index (χ2n) is 4.37. The van der Waals surface area contributed by atoms with Gasteiger partial charge in [-0.05, 0) is 13.0 Å². The lowest BCUT2D eigenvalue weighted by Gasteiger charge is -2.02. The average molecular weight is 251 g/mol. The number of hydrogen-bond donors (Lipinski definition) is 1. The Morgan fingerprint density at radius 2 is 1.68 bits per heavy atom. The number of rotatable bonds is 2. The van der Waals surface area contributed by atoms with Gasteiger partial charge in [-0.15, -0.1) is 0 Å². The molecule has 2 aromatic carbocycles. The molecule has 0 amide bonds. The highest BCUT2D eigenvalue weighted by molar-refractivity contribution is 6.13. The Morgan fingerprint density at radius 3 is 2.37 bits per heavy atom. The van der Waals surface area contributed by atoms with Crippen molar-refractivity contribution in [2.45, 2.75) is 6.92 Å². The quantitative estimate of drug-likeness (QED) is 0.425. The molecular weight excluding hydrogens is 238 g/mol. The fourth-order valence-corrected chi connectivity index (χ4v) is 2.23. The van der Waals surface area contributed by atoms with E-state index in [1.54, 1.807) is 0 Å². The summed E-state index contributed by atoms with van der Waals surface area (Å²) in [7, 11) is 0. The first-order valence-electron chi connectivity index (χ1n) is 6.07. The van der Waals surface area contributed by atoms with Crippen molar-refractivity contribution in [1.82, 2.24) is 0 Å². The van der Waals surface area contributed by atoms with Crippen LogP contribution in [0.5, 0.6) is 0 Å². The van der Waals surface area contributed by atoms with Crippen LogP contribution in [0, 0.1) is 6.92 Å². The molecule has 0 spiro atoms. The molecular formula is C16H13NO2. The zero-order valence-corrected chi connectivity index (χ0v) is 10.5.